The van der Waals surface area contributed by atoms with E-state index < -0.39 is 97.5 Å². The van der Waals surface area contributed by atoms with Crippen LogP contribution < -0.4 is 0 Å². The highest BCUT2D eigenvalue weighted by atomic mass is 31.2. The third-order valence-corrected chi connectivity index (χ3v) is 19.7. The van der Waals surface area contributed by atoms with E-state index in [9.17, 15) is 43.2 Å². The number of unbranched alkanes of at least 4 members (excludes halogenated alkanes) is 43. The van der Waals surface area contributed by atoms with Crippen LogP contribution >= 0.6 is 15.6 Å². The van der Waals surface area contributed by atoms with Gasteiger partial charge in [0.25, 0.3) is 0 Å². The summed E-state index contributed by atoms with van der Waals surface area (Å²) in [6.07, 6.45) is 54.0. The van der Waals surface area contributed by atoms with Crippen molar-refractivity contribution in [2.75, 3.05) is 39.6 Å². The van der Waals surface area contributed by atoms with E-state index in [2.05, 4.69) is 41.5 Å². The zero-order valence-electron chi connectivity index (χ0n) is 61.3. The van der Waals surface area contributed by atoms with Gasteiger partial charge in [0.15, 0.2) is 12.2 Å². The molecule has 0 saturated carbocycles. The molecule has 6 atom stereocenters. The molecule has 3 unspecified atom stereocenters. The van der Waals surface area contributed by atoms with E-state index in [1.807, 2.05) is 0 Å². The standard InChI is InChI=1S/C75H146O17P2/c1-7-10-12-14-16-18-19-20-21-22-26-29-33-40-46-52-58-73(78)86-64-70(91-74(79)59-53-47-41-34-30-27-24-23-25-28-32-37-43-49-55-67(4)5)65-89-93(81,82)87-61-69(76)62-88-94(83,84)90-66-71(63-85-72(77)57-51-45-39-31-17-15-13-11-8-2)92-75(80)60-54-48-42-36-35-38-44-50-56-68(6)9-3/h67-71,76H,7-66H2,1-6H3,(H,81,82)(H,83,84)/t68?,69-,70-,71-/m1/s1. The second kappa shape index (κ2) is 66.9. The molecule has 0 bridgehead atoms. The fourth-order valence-corrected chi connectivity index (χ4v) is 13.0. The van der Waals surface area contributed by atoms with Gasteiger partial charge in [0.1, 0.15) is 19.3 Å². The Balaban J connectivity index is 5.23. The fraction of sp³-hybridized carbons (Fsp3) is 0.947. The topological polar surface area (TPSA) is 237 Å². The van der Waals surface area contributed by atoms with Crippen LogP contribution in [0, 0.1) is 11.8 Å². The van der Waals surface area contributed by atoms with Gasteiger partial charge in [0, 0.05) is 25.7 Å². The summed E-state index contributed by atoms with van der Waals surface area (Å²) in [6.45, 7) is 9.59. The van der Waals surface area contributed by atoms with Crippen LogP contribution in [-0.4, -0.2) is 96.7 Å². The maximum absolute atomic E-state index is 13.1. The molecule has 0 radical (unpaired) electrons. The second-order valence-electron chi connectivity index (χ2n) is 27.8. The lowest BCUT2D eigenvalue weighted by atomic mass is 9.99. The van der Waals surface area contributed by atoms with Gasteiger partial charge in [-0.2, -0.15) is 0 Å². The van der Waals surface area contributed by atoms with Crippen LogP contribution in [0.2, 0.25) is 0 Å². The molecule has 0 heterocycles. The van der Waals surface area contributed by atoms with Crippen LogP contribution in [0.3, 0.4) is 0 Å². The molecular formula is C75H146O17P2. The van der Waals surface area contributed by atoms with Gasteiger partial charge in [-0.25, -0.2) is 9.13 Å². The zero-order valence-corrected chi connectivity index (χ0v) is 63.1. The summed E-state index contributed by atoms with van der Waals surface area (Å²) >= 11 is 0. The first-order valence-corrected chi connectivity index (χ1v) is 42.0. The zero-order chi connectivity index (χ0) is 69.3. The summed E-state index contributed by atoms with van der Waals surface area (Å²) in [5.74, 6) is -0.553. The van der Waals surface area contributed by atoms with E-state index in [4.69, 9.17) is 37.0 Å². The van der Waals surface area contributed by atoms with Gasteiger partial charge < -0.3 is 33.8 Å². The molecule has 0 aromatic rings. The molecule has 0 aliphatic heterocycles. The number of hydrogen-bond donors (Lipinski definition) is 3. The van der Waals surface area contributed by atoms with Crippen LogP contribution in [0.5, 0.6) is 0 Å². The molecule has 0 aliphatic carbocycles. The van der Waals surface area contributed by atoms with Crippen LogP contribution in [-0.2, 0) is 65.4 Å². The Labute approximate surface area is 575 Å². The normalized spacial score (nSPS) is 14.3. The van der Waals surface area contributed by atoms with Crippen molar-refractivity contribution in [3.8, 4) is 0 Å². The Bertz CT molecular complexity index is 1820. The van der Waals surface area contributed by atoms with Gasteiger partial charge in [-0.1, -0.05) is 337 Å². The number of aliphatic hydroxyl groups is 1. The highest BCUT2D eigenvalue weighted by Gasteiger charge is 2.30. The molecule has 0 saturated heterocycles. The molecule has 0 amide bonds. The van der Waals surface area contributed by atoms with Gasteiger partial charge >= 0.3 is 39.5 Å². The van der Waals surface area contributed by atoms with Crippen LogP contribution in [0.1, 0.15) is 388 Å². The van der Waals surface area contributed by atoms with Gasteiger partial charge in [-0.3, -0.25) is 37.3 Å². The smallest absolute Gasteiger partial charge is 0.462 e. The molecule has 0 rings (SSSR count). The number of ether oxygens (including phenoxy) is 4. The number of aliphatic hydroxyl groups excluding tert-OH is 1. The number of esters is 4. The lowest BCUT2D eigenvalue weighted by Gasteiger charge is -2.21. The average Bonchev–Trinajstić information content (AvgIpc) is 1.46. The maximum Gasteiger partial charge on any atom is 0.472 e. The number of phosphoric ester groups is 2. The third kappa shape index (κ3) is 67.3. The molecule has 0 aromatic heterocycles. The largest absolute Gasteiger partial charge is 0.472 e. The SMILES string of the molecule is CCCCCCCCCCCCCCCCCCC(=O)OC[C@H](COP(=O)(O)OC[C@@H](O)COP(=O)(O)OC[C@@H](COC(=O)CCCCCCCCCCC)OC(=O)CCCCCCCCCCC(C)CC)OC(=O)CCCCCCCCCCCCCCCCC(C)C. The Morgan fingerprint density at radius 3 is 0.809 bits per heavy atom. The molecule has 3 N–H and O–H groups in total. The summed E-state index contributed by atoms with van der Waals surface area (Å²) in [6, 6.07) is 0. The van der Waals surface area contributed by atoms with E-state index >= 15 is 0 Å². The molecule has 0 aromatic carbocycles. The predicted molar refractivity (Wildman–Crippen MR) is 381 cm³/mol. The Morgan fingerprint density at radius 1 is 0.309 bits per heavy atom. The quantitative estimate of drug-likeness (QED) is 0.0222. The minimum atomic E-state index is -4.96. The van der Waals surface area contributed by atoms with Gasteiger partial charge in [-0.15, -0.1) is 0 Å². The van der Waals surface area contributed by atoms with Crippen molar-refractivity contribution in [1.29, 1.82) is 0 Å². The van der Waals surface area contributed by atoms with Crippen molar-refractivity contribution in [3.05, 3.63) is 0 Å². The number of phosphoric acid groups is 2. The Kier molecular flexibility index (Phi) is 65.5. The monoisotopic (exact) mass is 1380 g/mol. The average molecular weight is 1380 g/mol. The van der Waals surface area contributed by atoms with Gasteiger partial charge in [0.2, 0.25) is 0 Å². The Hall–Kier alpha value is -1.94. The molecule has 558 valence electrons. The van der Waals surface area contributed by atoms with Crippen molar-refractivity contribution >= 4 is 39.5 Å². The number of carbonyl (C=O) groups is 4. The van der Waals surface area contributed by atoms with Crippen molar-refractivity contribution < 1.29 is 80.2 Å². The summed E-state index contributed by atoms with van der Waals surface area (Å²) in [4.78, 5) is 72.7. The first-order valence-electron chi connectivity index (χ1n) is 39.0. The third-order valence-electron chi connectivity index (χ3n) is 17.8. The minimum Gasteiger partial charge on any atom is -0.462 e. The Morgan fingerprint density at radius 2 is 0.543 bits per heavy atom. The summed E-state index contributed by atoms with van der Waals surface area (Å²) in [5, 5.41) is 10.6. The fourth-order valence-electron chi connectivity index (χ4n) is 11.4. The minimum absolute atomic E-state index is 0.105. The molecule has 19 heteroatoms. The highest BCUT2D eigenvalue weighted by Crippen LogP contribution is 2.45. The van der Waals surface area contributed by atoms with Gasteiger partial charge in [0.05, 0.1) is 26.4 Å². The molecule has 0 aliphatic rings. The van der Waals surface area contributed by atoms with Crippen molar-refractivity contribution in [3.63, 3.8) is 0 Å². The van der Waals surface area contributed by atoms with E-state index in [0.29, 0.717) is 25.7 Å². The van der Waals surface area contributed by atoms with E-state index in [1.165, 1.54) is 205 Å². The highest BCUT2D eigenvalue weighted by molar-refractivity contribution is 7.47. The first kappa shape index (κ1) is 92.1. The first-order chi connectivity index (χ1) is 45.4. The molecule has 0 spiro atoms. The van der Waals surface area contributed by atoms with Crippen molar-refractivity contribution in [1.82, 2.24) is 0 Å². The lowest BCUT2D eigenvalue weighted by Crippen LogP contribution is -2.30. The maximum atomic E-state index is 13.1. The van der Waals surface area contributed by atoms with E-state index in [0.717, 1.165) is 102 Å². The van der Waals surface area contributed by atoms with Gasteiger partial charge in [-0.05, 0) is 37.5 Å². The second-order valence-corrected chi connectivity index (χ2v) is 30.7. The van der Waals surface area contributed by atoms with E-state index in [-0.39, 0.29) is 25.7 Å². The van der Waals surface area contributed by atoms with Crippen LogP contribution in [0.25, 0.3) is 0 Å². The van der Waals surface area contributed by atoms with Crippen molar-refractivity contribution in [2.24, 2.45) is 11.8 Å². The number of carbonyl (C=O) groups excluding carboxylic acids is 4. The van der Waals surface area contributed by atoms with Crippen molar-refractivity contribution in [2.45, 2.75) is 407 Å². The lowest BCUT2D eigenvalue weighted by molar-refractivity contribution is -0.161. The summed E-state index contributed by atoms with van der Waals surface area (Å²) in [5.41, 5.74) is 0. The van der Waals surface area contributed by atoms with Crippen LogP contribution in [0.15, 0.2) is 0 Å². The predicted octanol–water partition coefficient (Wildman–Crippen LogP) is 21.9. The molecular weight excluding hydrogens is 1230 g/mol. The van der Waals surface area contributed by atoms with E-state index in [1.54, 1.807) is 0 Å². The molecule has 17 nitrogen and oxygen atoms in total. The summed E-state index contributed by atoms with van der Waals surface area (Å²) in [7, 11) is -9.91. The molecule has 0 fully saturated rings. The number of rotatable bonds is 74. The summed E-state index contributed by atoms with van der Waals surface area (Å²) < 4.78 is 68.5. The number of hydrogen-bond acceptors (Lipinski definition) is 15. The molecule has 94 heavy (non-hydrogen) atoms. The van der Waals surface area contributed by atoms with Crippen LogP contribution in [0.4, 0.5) is 0 Å².